The molecule has 4 rings (SSSR count). The van der Waals surface area contributed by atoms with Crippen molar-refractivity contribution in [2.75, 3.05) is 65.7 Å². The molecule has 7 nitrogen and oxygen atoms in total. The van der Waals surface area contributed by atoms with Crippen molar-refractivity contribution in [3.05, 3.63) is 34.4 Å². The first kappa shape index (κ1) is 21.6. The van der Waals surface area contributed by atoms with E-state index in [1.807, 2.05) is 0 Å². The number of hydrogen-bond donors (Lipinski definition) is 2. The standard InChI is InChI=1S/C23H37N5O2/c1-17-13-18(2)21(19(3)14-17)20-15-24-22(25-20)26-23(4,28-7-11-30-12-8-28)16-27-5-9-29-10-6-27/h13-14,20H,5-12,15-16H2,1-4H3,(H2,24,25,26). The van der Waals surface area contributed by atoms with Crippen LogP contribution in [0.15, 0.2) is 17.1 Å². The van der Waals surface area contributed by atoms with Crippen LogP contribution in [0.5, 0.6) is 0 Å². The second kappa shape index (κ2) is 9.22. The highest BCUT2D eigenvalue weighted by atomic mass is 16.5. The summed E-state index contributed by atoms with van der Waals surface area (Å²) < 4.78 is 11.2. The average molecular weight is 416 g/mol. The molecule has 166 valence electrons. The van der Waals surface area contributed by atoms with Crippen LogP contribution in [0.3, 0.4) is 0 Å². The topological polar surface area (TPSA) is 61.4 Å². The fourth-order valence-corrected chi connectivity index (χ4v) is 5.14. The Hall–Kier alpha value is -1.67. The highest BCUT2D eigenvalue weighted by molar-refractivity contribution is 5.83. The molecule has 2 atom stereocenters. The van der Waals surface area contributed by atoms with E-state index in [4.69, 9.17) is 14.5 Å². The Balaban J connectivity index is 1.47. The van der Waals surface area contributed by atoms with E-state index in [1.165, 1.54) is 22.3 Å². The quantitative estimate of drug-likeness (QED) is 0.762. The second-order valence-corrected chi connectivity index (χ2v) is 9.09. The molecule has 2 saturated heterocycles. The first-order valence-electron chi connectivity index (χ1n) is 11.2. The summed E-state index contributed by atoms with van der Waals surface area (Å²) >= 11 is 0. The SMILES string of the molecule is Cc1cc(C)c(C2CN=C(NC(C)(CN3CCOCC3)N3CCOCC3)N2)c(C)c1. The molecule has 1 aromatic carbocycles. The van der Waals surface area contributed by atoms with E-state index in [0.29, 0.717) is 0 Å². The Bertz CT molecular complexity index is 748. The van der Waals surface area contributed by atoms with Crippen molar-refractivity contribution >= 4 is 5.96 Å². The minimum Gasteiger partial charge on any atom is -0.379 e. The van der Waals surface area contributed by atoms with Gasteiger partial charge in [0.2, 0.25) is 0 Å². The fourth-order valence-electron chi connectivity index (χ4n) is 5.14. The molecule has 30 heavy (non-hydrogen) atoms. The normalized spacial score (nSPS) is 25.5. The number of guanidine groups is 1. The molecule has 0 aliphatic carbocycles. The Kier molecular flexibility index (Phi) is 6.63. The van der Waals surface area contributed by atoms with Crippen LogP contribution >= 0.6 is 0 Å². The van der Waals surface area contributed by atoms with Crippen LogP contribution in [0.4, 0.5) is 0 Å². The highest BCUT2D eigenvalue weighted by Gasteiger charge is 2.37. The third-order valence-electron chi connectivity index (χ3n) is 6.56. The van der Waals surface area contributed by atoms with Gasteiger partial charge in [0.25, 0.3) is 0 Å². The van der Waals surface area contributed by atoms with Gasteiger partial charge < -0.3 is 20.1 Å². The lowest BCUT2D eigenvalue weighted by atomic mass is 9.94. The molecule has 0 bridgehead atoms. The molecule has 3 heterocycles. The number of aryl methyl sites for hydroxylation is 3. The molecule has 2 unspecified atom stereocenters. The number of benzene rings is 1. The van der Waals surface area contributed by atoms with Crippen molar-refractivity contribution in [1.29, 1.82) is 0 Å². The van der Waals surface area contributed by atoms with Gasteiger partial charge in [-0.2, -0.15) is 0 Å². The summed E-state index contributed by atoms with van der Waals surface area (Å²) in [6, 6.07) is 4.77. The summed E-state index contributed by atoms with van der Waals surface area (Å²) in [5.74, 6) is 0.904. The predicted octanol–water partition coefficient (Wildman–Crippen LogP) is 1.58. The van der Waals surface area contributed by atoms with Gasteiger partial charge in [0.15, 0.2) is 5.96 Å². The van der Waals surface area contributed by atoms with E-state index < -0.39 is 0 Å². The van der Waals surface area contributed by atoms with Crippen LogP contribution in [0.2, 0.25) is 0 Å². The van der Waals surface area contributed by atoms with Crippen LogP contribution in [0, 0.1) is 20.8 Å². The second-order valence-electron chi connectivity index (χ2n) is 9.09. The third kappa shape index (κ3) is 4.80. The lowest BCUT2D eigenvalue weighted by Gasteiger charge is -2.47. The summed E-state index contributed by atoms with van der Waals surface area (Å²) in [5, 5.41) is 7.46. The average Bonchev–Trinajstić information content (AvgIpc) is 3.16. The minimum atomic E-state index is -0.209. The van der Waals surface area contributed by atoms with Crippen molar-refractivity contribution in [2.45, 2.75) is 39.4 Å². The van der Waals surface area contributed by atoms with E-state index >= 15 is 0 Å². The third-order valence-corrected chi connectivity index (χ3v) is 6.56. The summed E-state index contributed by atoms with van der Waals surface area (Å²) in [6.45, 7) is 17.6. The minimum absolute atomic E-state index is 0.209. The molecule has 3 aliphatic heterocycles. The maximum Gasteiger partial charge on any atom is 0.193 e. The highest BCUT2D eigenvalue weighted by Crippen LogP contribution is 2.26. The van der Waals surface area contributed by atoms with Gasteiger partial charge in [-0.3, -0.25) is 14.8 Å². The summed E-state index contributed by atoms with van der Waals surface area (Å²) in [7, 11) is 0. The molecule has 2 fully saturated rings. The number of rotatable bonds is 5. The summed E-state index contributed by atoms with van der Waals surface area (Å²) in [6.07, 6.45) is 0. The van der Waals surface area contributed by atoms with Crippen LogP contribution < -0.4 is 10.6 Å². The van der Waals surface area contributed by atoms with Gasteiger partial charge in [-0.05, 0) is 44.4 Å². The number of nitrogens with one attached hydrogen (secondary N) is 2. The lowest BCUT2D eigenvalue weighted by molar-refractivity contribution is -0.0488. The van der Waals surface area contributed by atoms with Gasteiger partial charge in [0.1, 0.15) is 5.66 Å². The molecule has 0 aromatic heterocycles. The molecule has 7 heteroatoms. The maximum absolute atomic E-state index is 5.62. The zero-order chi connectivity index (χ0) is 21.1. The zero-order valence-corrected chi connectivity index (χ0v) is 19.0. The molecule has 0 amide bonds. The molecular weight excluding hydrogens is 378 g/mol. The molecular formula is C23H37N5O2. The zero-order valence-electron chi connectivity index (χ0n) is 19.0. The first-order valence-corrected chi connectivity index (χ1v) is 11.2. The van der Waals surface area contributed by atoms with Crippen LogP contribution in [-0.2, 0) is 9.47 Å². The van der Waals surface area contributed by atoms with Crippen molar-refractivity contribution < 1.29 is 9.47 Å². The Morgan fingerprint density at radius 2 is 1.63 bits per heavy atom. The largest absolute Gasteiger partial charge is 0.379 e. The fraction of sp³-hybridized carbons (Fsp3) is 0.696. The number of aliphatic imine (C=N–C) groups is 1. The smallest absolute Gasteiger partial charge is 0.193 e. The maximum atomic E-state index is 5.62. The predicted molar refractivity (Wildman–Crippen MR) is 120 cm³/mol. The van der Waals surface area contributed by atoms with Crippen molar-refractivity contribution in [3.8, 4) is 0 Å². The monoisotopic (exact) mass is 415 g/mol. The molecule has 0 saturated carbocycles. The lowest BCUT2D eigenvalue weighted by Crippen LogP contribution is -2.67. The Morgan fingerprint density at radius 1 is 1.03 bits per heavy atom. The van der Waals surface area contributed by atoms with Crippen LogP contribution in [0.25, 0.3) is 0 Å². The summed E-state index contributed by atoms with van der Waals surface area (Å²) in [5.41, 5.74) is 5.16. The van der Waals surface area contributed by atoms with Crippen molar-refractivity contribution in [3.63, 3.8) is 0 Å². The van der Waals surface area contributed by atoms with E-state index in [1.54, 1.807) is 0 Å². The Morgan fingerprint density at radius 3 is 2.27 bits per heavy atom. The van der Waals surface area contributed by atoms with Crippen LogP contribution in [0.1, 0.15) is 35.2 Å². The van der Waals surface area contributed by atoms with Gasteiger partial charge in [0.05, 0.1) is 39.0 Å². The van der Waals surface area contributed by atoms with Crippen molar-refractivity contribution in [1.82, 2.24) is 20.4 Å². The molecule has 1 aromatic rings. The van der Waals surface area contributed by atoms with E-state index in [9.17, 15) is 0 Å². The van der Waals surface area contributed by atoms with E-state index in [2.05, 4.69) is 60.3 Å². The molecule has 0 spiro atoms. The number of nitrogens with zero attached hydrogens (tertiary/aromatic N) is 3. The van der Waals surface area contributed by atoms with E-state index in [-0.39, 0.29) is 11.7 Å². The number of ether oxygens (including phenoxy) is 2. The Labute approximate surface area is 180 Å². The van der Waals surface area contributed by atoms with E-state index in [0.717, 1.165) is 71.7 Å². The molecule has 3 aliphatic rings. The first-order chi connectivity index (χ1) is 14.4. The van der Waals surface area contributed by atoms with Crippen molar-refractivity contribution in [2.24, 2.45) is 4.99 Å². The molecule has 2 N–H and O–H groups in total. The number of hydrogen-bond acceptors (Lipinski definition) is 7. The van der Waals surface area contributed by atoms with Gasteiger partial charge in [0, 0.05) is 32.7 Å². The van der Waals surface area contributed by atoms with Gasteiger partial charge in [-0.15, -0.1) is 0 Å². The van der Waals surface area contributed by atoms with Gasteiger partial charge >= 0.3 is 0 Å². The van der Waals surface area contributed by atoms with Gasteiger partial charge in [-0.25, -0.2) is 0 Å². The summed E-state index contributed by atoms with van der Waals surface area (Å²) in [4.78, 5) is 9.86. The van der Waals surface area contributed by atoms with Gasteiger partial charge in [-0.1, -0.05) is 17.7 Å². The molecule has 0 radical (unpaired) electrons. The van der Waals surface area contributed by atoms with Crippen LogP contribution in [-0.4, -0.2) is 87.1 Å². The number of morpholine rings is 2.